The lowest BCUT2D eigenvalue weighted by Crippen LogP contribution is -2.31. The number of benzene rings is 1. The molecule has 0 aliphatic carbocycles. The molecule has 0 saturated heterocycles. The van der Waals surface area contributed by atoms with E-state index < -0.39 is 0 Å². The van der Waals surface area contributed by atoms with Crippen LogP contribution in [-0.2, 0) is 0 Å². The molecule has 1 N–H and O–H groups in total. The van der Waals surface area contributed by atoms with Gasteiger partial charge < -0.3 is 10.1 Å². The van der Waals surface area contributed by atoms with Crippen LogP contribution in [0.1, 0.15) is 49.4 Å². The summed E-state index contributed by atoms with van der Waals surface area (Å²) in [6, 6.07) is 4.73. The third-order valence-electron chi connectivity index (χ3n) is 3.58. The lowest BCUT2D eigenvalue weighted by molar-refractivity contribution is 0.184. The normalized spacial score (nSPS) is 22.4. The van der Waals surface area contributed by atoms with E-state index in [-0.39, 0.29) is 6.10 Å². The van der Waals surface area contributed by atoms with Crippen LogP contribution in [0.15, 0.2) is 12.1 Å². The van der Waals surface area contributed by atoms with Crippen molar-refractivity contribution in [1.82, 2.24) is 5.32 Å². The molecule has 1 aromatic rings. The third kappa shape index (κ3) is 2.19. The van der Waals surface area contributed by atoms with Gasteiger partial charge in [-0.25, -0.2) is 0 Å². The largest absolute Gasteiger partial charge is 0.488 e. The van der Waals surface area contributed by atoms with E-state index in [0.29, 0.717) is 6.04 Å². The van der Waals surface area contributed by atoms with Gasteiger partial charge in [0.1, 0.15) is 11.9 Å². The topological polar surface area (TPSA) is 21.3 Å². The molecule has 0 radical (unpaired) electrons. The predicted octanol–water partition coefficient (Wildman–Crippen LogP) is 3.52. The number of aryl methyl sites for hydroxylation is 2. The Morgan fingerprint density at radius 3 is 2.53 bits per heavy atom. The Hall–Kier alpha value is -1.02. The first kappa shape index (κ1) is 12.4. The highest BCUT2D eigenvalue weighted by molar-refractivity contribution is 5.50. The predicted molar refractivity (Wildman–Crippen MR) is 71.7 cm³/mol. The quantitative estimate of drug-likeness (QED) is 0.859. The van der Waals surface area contributed by atoms with Gasteiger partial charge in [-0.1, -0.05) is 26.0 Å². The van der Waals surface area contributed by atoms with Gasteiger partial charge in [-0.15, -0.1) is 0 Å². The molecule has 1 aliphatic rings. The zero-order valence-corrected chi connectivity index (χ0v) is 11.3. The molecule has 2 rings (SSSR count). The summed E-state index contributed by atoms with van der Waals surface area (Å²) >= 11 is 0. The maximum absolute atomic E-state index is 6.11. The summed E-state index contributed by atoms with van der Waals surface area (Å²) in [6.07, 6.45) is 2.50. The highest BCUT2D eigenvalue weighted by Gasteiger charge is 2.34. The van der Waals surface area contributed by atoms with Crippen molar-refractivity contribution in [2.24, 2.45) is 0 Å². The first-order chi connectivity index (χ1) is 8.19. The molecule has 94 valence electrons. The Bertz CT molecular complexity index is 400. The molecule has 1 aliphatic heterocycles. The second-order valence-electron chi connectivity index (χ2n) is 4.94. The van der Waals surface area contributed by atoms with Crippen molar-refractivity contribution in [3.05, 3.63) is 28.8 Å². The molecule has 2 nitrogen and oxygen atoms in total. The van der Waals surface area contributed by atoms with Gasteiger partial charge in [-0.05, 0) is 44.4 Å². The zero-order chi connectivity index (χ0) is 12.4. The van der Waals surface area contributed by atoms with Crippen LogP contribution in [-0.4, -0.2) is 12.6 Å². The lowest BCUT2D eigenvalue weighted by atomic mass is 9.96. The zero-order valence-electron chi connectivity index (χ0n) is 11.3. The van der Waals surface area contributed by atoms with Gasteiger partial charge in [-0.2, -0.15) is 0 Å². The van der Waals surface area contributed by atoms with Gasteiger partial charge in [0.15, 0.2) is 0 Å². The second-order valence-corrected chi connectivity index (χ2v) is 4.94. The van der Waals surface area contributed by atoms with Crippen molar-refractivity contribution in [1.29, 1.82) is 0 Å². The van der Waals surface area contributed by atoms with Crippen molar-refractivity contribution in [3.63, 3.8) is 0 Å². The Morgan fingerprint density at radius 1 is 1.18 bits per heavy atom. The molecule has 2 heteroatoms. The van der Waals surface area contributed by atoms with E-state index in [0.717, 1.165) is 25.1 Å². The molecule has 0 bridgehead atoms. The number of hydrogen-bond donors (Lipinski definition) is 1. The molecule has 2 atom stereocenters. The molecule has 2 unspecified atom stereocenters. The molecule has 0 saturated carbocycles. The molecule has 17 heavy (non-hydrogen) atoms. The molecule has 1 aromatic carbocycles. The van der Waals surface area contributed by atoms with E-state index in [1.165, 1.54) is 16.7 Å². The Balaban J connectivity index is 2.36. The van der Waals surface area contributed by atoms with Crippen molar-refractivity contribution < 1.29 is 4.74 Å². The Labute approximate surface area is 104 Å². The summed E-state index contributed by atoms with van der Waals surface area (Å²) in [5, 5.41) is 3.63. The summed E-state index contributed by atoms with van der Waals surface area (Å²) in [5.41, 5.74) is 3.98. The smallest absolute Gasteiger partial charge is 0.127 e. The van der Waals surface area contributed by atoms with E-state index in [4.69, 9.17) is 4.74 Å². The van der Waals surface area contributed by atoms with Crippen LogP contribution in [0.25, 0.3) is 0 Å². The van der Waals surface area contributed by atoms with Crippen LogP contribution in [0.2, 0.25) is 0 Å². The minimum atomic E-state index is 0.288. The average Bonchev–Trinajstić information content (AvgIpc) is 2.71. The van der Waals surface area contributed by atoms with E-state index in [1.54, 1.807) is 0 Å². The minimum Gasteiger partial charge on any atom is -0.488 e. The van der Waals surface area contributed by atoms with Crippen LogP contribution in [0.3, 0.4) is 0 Å². The van der Waals surface area contributed by atoms with Crippen LogP contribution in [0.5, 0.6) is 5.75 Å². The highest BCUT2D eigenvalue weighted by atomic mass is 16.5. The van der Waals surface area contributed by atoms with Gasteiger partial charge in [0, 0.05) is 5.56 Å². The van der Waals surface area contributed by atoms with Crippen molar-refractivity contribution >= 4 is 0 Å². The molecular weight excluding hydrogens is 210 g/mol. The fourth-order valence-corrected chi connectivity index (χ4v) is 2.61. The summed E-state index contributed by atoms with van der Waals surface area (Å²) in [4.78, 5) is 0. The van der Waals surface area contributed by atoms with Gasteiger partial charge in [0.05, 0.1) is 6.04 Å². The van der Waals surface area contributed by atoms with Gasteiger partial charge in [0.25, 0.3) is 0 Å². The number of rotatable bonds is 4. The van der Waals surface area contributed by atoms with Gasteiger partial charge in [0.2, 0.25) is 0 Å². The fraction of sp³-hybridized carbons (Fsp3) is 0.600. The fourth-order valence-electron chi connectivity index (χ4n) is 2.61. The number of fused-ring (bicyclic) bond motifs is 1. The highest BCUT2D eigenvalue weighted by Crippen LogP contribution is 2.42. The summed E-state index contributed by atoms with van der Waals surface area (Å²) in [6.45, 7) is 9.76. The maximum Gasteiger partial charge on any atom is 0.127 e. The SMILES string of the molecule is CCCNC1c2c(C)ccc(C)c2OC1CC. The monoisotopic (exact) mass is 233 g/mol. The van der Waals surface area contributed by atoms with Gasteiger partial charge in [-0.3, -0.25) is 0 Å². The summed E-state index contributed by atoms with van der Waals surface area (Å²) in [7, 11) is 0. The Kier molecular flexibility index (Phi) is 3.72. The number of ether oxygens (including phenoxy) is 1. The van der Waals surface area contributed by atoms with Crippen LogP contribution < -0.4 is 10.1 Å². The standard InChI is InChI=1S/C15H23NO/c1-5-9-16-14-12(6-2)17-15-11(4)8-7-10(3)13(14)15/h7-8,12,14,16H,5-6,9H2,1-4H3. The Morgan fingerprint density at radius 2 is 1.88 bits per heavy atom. The molecule has 0 fully saturated rings. The van der Waals surface area contributed by atoms with Crippen LogP contribution in [0.4, 0.5) is 0 Å². The maximum atomic E-state index is 6.11. The molecule has 0 amide bonds. The van der Waals surface area contributed by atoms with Gasteiger partial charge >= 0.3 is 0 Å². The summed E-state index contributed by atoms with van der Waals surface area (Å²) in [5.74, 6) is 1.12. The molecular formula is C15H23NO. The van der Waals surface area contributed by atoms with Crippen LogP contribution in [0, 0.1) is 13.8 Å². The second kappa shape index (κ2) is 5.09. The van der Waals surface area contributed by atoms with Crippen molar-refractivity contribution in [2.45, 2.75) is 52.7 Å². The van der Waals surface area contributed by atoms with Crippen molar-refractivity contribution in [2.75, 3.05) is 6.54 Å². The molecule has 1 heterocycles. The first-order valence-corrected chi connectivity index (χ1v) is 6.69. The number of nitrogens with one attached hydrogen (secondary N) is 1. The summed E-state index contributed by atoms with van der Waals surface area (Å²) < 4.78 is 6.11. The van der Waals surface area contributed by atoms with E-state index in [1.807, 2.05) is 0 Å². The molecule has 0 aromatic heterocycles. The third-order valence-corrected chi connectivity index (χ3v) is 3.58. The average molecular weight is 233 g/mol. The first-order valence-electron chi connectivity index (χ1n) is 6.69. The minimum absolute atomic E-state index is 0.288. The lowest BCUT2D eigenvalue weighted by Gasteiger charge is -2.19. The van der Waals surface area contributed by atoms with Crippen LogP contribution >= 0.6 is 0 Å². The van der Waals surface area contributed by atoms with E-state index in [2.05, 4.69) is 45.1 Å². The molecule has 0 spiro atoms. The van der Waals surface area contributed by atoms with E-state index in [9.17, 15) is 0 Å². The van der Waals surface area contributed by atoms with Crippen molar-refractivity contribution in [3.8, 4) is 5.75 Å². The van der Waals surface area contributed by atoms with E-state index >= 15 is 0 Å². The number of hydrogen-bond acceptors (Lipinski definition) is 2.